The van der Waals surface area contributed by atoms with E-state index in [1.54, 1.807) is 74.5 Å². The molecule has 29 nitrogen and oxygen atoms in total. The fourth-order valence-corrected chi connectivity index (χ4v) is 11.2. The van der Waals surface area contributed by atoms with Crippen molar-refractivity contribution in [3.8, 4) is 0 Å². The van der Waals surface area contributed by atoms with E-state index in [2.05, 4.69) is 70.4 Å². The van der Waals surface area contributed by atoms with Crippen LogP contribution in [0, 0.1) is 17.8 Å². The number of carboxylic acids is 2. The number of nitrogens with two attached hydrogens (primary N) is 1. The molecule has 11 atom stereocenters. The first-order valence-corrected chi connectivity index (χ1v) is 31.7. The van der Waals surface area contributed by atoms with Crippen molar-refractivity contribution in [2.24, 2.45) is 23.5 Å². The van der Waals surface area contributed by atoms with E-state index in [1.807, 2.05) is 13.8 Å². The van der Waals surface area contributed by atoms with Crippen LogP contribution in [0.4, 0.5) is 0 Å². The number of carbonyl (C=O) groups is 13. The number of rotatable bonds is 38. The van der Waals surface area contributed by atoms with Gasteiger partial charge >= 0.3 is 11.9 Å². The minimum atomic E-state index is -1.72. The van der Waals surface area contributed by atoms with Crippen LogP contribution in [0.25, 0.3) is 0 Å². The molecule has 0 aliphatic heterocycles. The zero-order chi connectivity index (χ0) is 69.1. The molecule has 2 aromatic carbocycles. The van der Waals surface area contributed by atoms with Crippen molar-refractivity contribution < 1.29 is 77.6 Å². The summed E-state index contributed by atoms with van der Waals surface area (Å²) in [5.74, 6) is -14.8. The summed E-state index contributed by atoms with van der Waals surface area (Å²) in [6, 6.07) is 2.31. The van der Waals surface area contributed by atoms with Crippen molar-refractivity contribution in [3.63, 3.8) is 0 Å². The number of aliphatic hydroxyl groups excluding tert-OH is 1. The molecule has 1 aromatic heterocycles. The highest BCUT2D eigenvalue weighted by molar-refractivity contribution is 7.80. The number of nitrogens with zero attached hydrogens (tertiary/aromatic N) is 2. The molecule has 30 heteroatoms. The molecule has 0 unspecified atom stereocenters. The van der Waals surface area contributed by atoms with Crippen molar-refractivity contribution in [2.75, 3.05) is 19.4 Å². The summed E-state index contributed by atoms with van der Waals surface area (Å²) in [7, 11) is 1.32. The van der Waals surface area contributed by atoms with Gasteiger partial charge in [-0.25, -0.2) is 4.98 Å². The maximum absolute atomic E-state index is 15.3. The largest absolute Gasteiger partial charge is 0.481 e. The molecular formula is C63H91N13O16S. The minimum Gasteiger partial charge on any atom is -0.481 e. The van der Waals surface area contributed by atoms with Gasteiger partial charge in [0.1, 0.15) is 60.4 Å². The Balaban J connectivity index is 1.64. The number of amides is 11. The smallest absolute Gasteiger partial charge is 0.305 e. The summed E-state index contributed by atoms with van der Waals surface area (Å²) < 4.78 is 0. The Hall–Kier alpha value is -8.93. The lowest BCUT2D eigenvalue weighted by Gasteiger charge is -2.35. The molecule has 0 spiro atoms. The third kappa shape index (κ3) is 24.6. The number of benzene rings is 2. The molecule has 1 fully saturated rings. The van der Waals surface area contributed by atoms with E-state index in [0.29, 0.717) is 29.7 Å². The number of imidazole rings is 1. The maximum Gasteiger partial charge on any atom is 0.305 e. The topological polar surface area (TPSA) is 449 Å². The van der Waals surface area contributed by atoms with Crippen molar-refractivity contribution in [1.29, 1.82) is 0 Å². The van der Waals surface area contributed by atoms with E-state index in [-0.39, 0.29) is 43.3 Å². The Labute approximate surface area is 545 Å². The van der Waals surface area contributed by atoms with Crippen LogP contribution in [0.5, 0.6) is 0 Å². The van der Waals surface area contributed by atoms with Gasteiger partial charge < -0.3 is 78.8 Å². The zero-order valence-electron chi connectivity index (χ0n) is 53.5. The average molecular weight is 1320 g/mol. The lowest BCUT2D eigenvalue weighted by molar-refractivity contribution is -0.143. The highest BCUT2D eigenvalue weighted by atomic mass is 32.1. The molecule has 3 aromatic rings. The molecule has 93 heavy (non-hydrogen) atoms. The number of primary amides is 1. The van der Waals surface area contributed by atoms with Crippen LogP contribution in [0.1, 0.15) is 135 Å². The second-order valence-electron chi connectivity index (χ2n) is 23.9. The highest BCUT2D eigenvalue weighted by Gasteiger charge is 2.41. The normalized spacial score (nSPS) is 15.9. The number of hydrogen-bond donors (Lipinski definition) is 15. The predicted molar refractivity (Wildman–Crippen MR) is 342 cm³/mol. The molecule has 11 amide bonds. The molecule has 1 saturated carbocycles. The number of H-pyrrole nitrogens is 1. The maximum atomic E-state index is 15.3. The molecule has 15 N–H and O–H groups in total. The van der Waals surface area contributed by atoms with E-state index >= 15 is 9.59 Å². The van der Waals surface area contributed by atoms with Crippen LogP contribution in [0.3, 0.4) is 0 Å². The molecule has 510 valence electrons. The molecule has 1 heterocycles. The van der Waals surface area contributed by atoms with Gasteiger partial charge in [0.25, 0.3) is 0 Å². The average Bonchev–Trinajstić information content (AvgIpc) is 1.11. The fraction of sp³-hybridized carbons (Fsp3) is 0.556. The number of aliphatic hydroxyl groups is 1. The molecule has 0 saturated heterocycles. The standard InChI is InChI=1S/C63H91N13O16S/c1-8-35(4)52(74-62(91)53(51(39-20-14-10-15-21-39)40-22-16-11-17-23-40)75-56(85)42(24-25-49(79)80)69-58(87)45(29-50(81)82)68-37(6)78)61(90)72-46(27-38-18-12-9-13-19-38)63(92)76(7)48(32-93)60(89)67-36(5)55(84)73-47(31-77)59(88)71-44(28-41-30-65-33-66-41)57(86)70-43(54(64)83)26-34(2)3/h10-11,14-17,20-23,30,33-36,38,42-48,51-53,77,93H,8-9,12-13,18-19,24-29,31-32H2,1-7H3,(H2,64,83)(H,65,66)(H,67,89)(H,68,78)(H,69,87)(H,70,86)(H,71,88)(H,72,90)(H,73,84)(H,74,91)(H,75,85)(H,79,80)(H,81,82)/t35-,36-,42-,43-,44-,45-,46-,47-,48-,52-,53-/m0/s1. The first-order chi connectivity index (χ1) is 44.1. The third-order valence-electron chi connectivity index (χ3n) is 16.1. The zero-order valence-corrected chi connectivity index (χ0v) is 54.4. The Bertz CT molecular complexity index is 2970. The van der Waals surface area contributed by atoms with Gasteiger partial charge in [0.2, 0.25) is 65.0 Å². The van der Waals surface area contributed by atoms with Gasteiger partial charge in [-0.3, -0.25) is 62.3 Å². The number of likely N-dealkylation sites (N-methyl/N-ethyl adjacent to an activating group) is 1. The van der Waals surface area contributed by atoms with Gasteiger partial charge in [-0.05, 0) is 55.1 Å². The Kier molecular flexibility index (Phi) is 31.4. The van der Waals surface area contributed by atoms with Gasteiger partial charge in [-0.1, -0.05) is 127 Å². The van der Waals surface area contributed by atoms with E-state index in [4.69, 9.17) is 5.73 Å². The SMILES string of the molecule is CC[C@H](C)[C@H](NC(=O)[C@@H](NC(=O)[C@H](CCC(=O)O)NC(=O)[C@H](CC(=O)O)NC(C)=O)C(c1ccccc1)c1ccccc1)C(=O)N[C@@H](CC1CCCCC1)C(=O)N(C)[C@@H](CS)C(=O)N[C@@H](C)C(=O)N[C@@H](CO)C(=O)N[C@@H](Cc1cnc[nH]1)C(=O)N[C@@H](CC(C)C)C(N)=O. The summed E-state index contributed by atoms with van der Waals surface area (Å²) in [5.41, 5.74) is 6.97. The third-order valence-corrected chi connectivity index (χ3v) is 16.5. The summed E-state index contributed by atoms with van der Waals surface area (Å²) in [4.78, 5) is 184. The van der Waals surface area contributed by atoms with E-state index in [1.165, 1.54) is 26.5 Å². The van der Waals surface area contributed by atoms with Crippen LogP contribution in [-0.2, 0) is 68.7 Å². The van der Waals surface area contributed by atoms with Crippen LogP contribution >= 0.6 is 12.6 Å². The van der Waals surface area contributed by atoms with Crippen molar-refractivity contribution >= 4 is 89.5 Å². The number of nitrogens with one attached hydrogen (secondary N) is 10. The van der Waals surface area contributed by atoms with Gasteiger partial charge in [0.05, 0.1) is 19.4 Å². The number of thiol groups is 1. The molecular weight excluding hydrogens is 1230 g/mol. The van der Waals surface area contributed by atoms with Gasteiger partial charge in [0.15, 0.2) is 0 Å². The second-order valence-corrected chi connectivity index (χ2v) is 24.2. The number of aliphatic carboxylic acids is 2. The number of carbonyl (C=O) groups excluding carboxylic acids is 11. The number of carboxylic acid groups (broad SMARTS) is 2. The summed E-state index contributed by atoms with van der Waals surface area (Å²) in [5, 5.41) is 52.5. The summed E-state index contributed by atoms with van der Waals surface area (Å²) in [6.45, 7) is 8.44. The van der Waals surface area contributed by atoms with Crippen molar-refractivity contribution in [3.05, 3.63) is 90.0 Å². The minimum absolute atomic E-state index is 0.0471. The Morgan fingerprint density at radius 2 is 1.16 bits per heavy atom. The monoisotopic (exact) mass is 1320 g/mol. The number of aromatic nitrogens is 2. The quantitative estimate of drug-likeness (QED) is 0.0331. The lowest BCUT2D eigenvalue weighted by Crippen LogP contribution is -2.62. The summed E-state index contributed by atoms with van der Waals surface area (Å²) >= 11 is 4.41. The van der Waals surface area contributed by atoms with Crippen LogP contribution in [0.15, 0.2) is 73.2 Å². The molecule has 1 aliphatic carbocycles. The number of aromatic amines is 1. The van der Waals surface area contributed by atoms with Crippen molar-refractivity contribution in [1.82, 2.24) is 62.7 Å². The van der Waals surface area contributed by atoms with Crippen molar-refractivity contribution in [2.45, 2.75) is 185 Å². The molecule has 0 radical (unpaired) electrons. The first-order valence-electron chi connectivity index (χ1n) is 31.1. The van der Waals surface area contributed by atoms with E-state index in [9.17, 15) is 68.1 Å². The van der Waals surface area contributed by atoms with Crippen LogP contribution in [-0.4, -0.2) is 187 Å². The lowest BCUT2D eigenvalue weighted by atomic mass is 9.83. The molecule has 1 aliphatic rings. The summed E-state index contributed by atoms with van der Waals surface area (Å²) in [6.07, 6.45) is 5.10. The Morgan fingerprint density at radius 1 is 0.634 bits per heavy atom. The second kappa shape index (κ2) is 38.2. The molecule has 0 bridgehead atoms. The van der Waals surface area contributed by atoms with Gasteiger partial charge in [0, 0.05) is 50.4 Å². The van der Waals surface area contributed by atoms with E-state index < -0.39 is 175 Å². The van der Waals surface area contributed by atoms with Crippen LogP contribution in [0.2, 0.25) is 0 Å². The van der Waals surface area contributed by atoms with Gasteiger partial charge in [-0.2, -0.15) is 12.6 Å². The van der Waals surface area contributed by atoms with Gasteiger partial charge in [-0.15, -0.1) is 0 Å². The predicted octanol–water partition coefficient (Wildman–Crippen LogP) is -0.176. The first kappa shape index (κ1) is 76.5. The van der Waals surface area contributed by atoms with Crippen LogP contribution < -0.4 is 53.6 Å². The fourth-order valence-electron chi connectivity index (χ4n) is 10.8. The Morgan fingerprint density at radius 3 is 1.68 bits per heavy atom. The molecule has 4 rings (SSSR count). The van der Waals surface area contributed by atoms with E-state index in [0.717, 1.165) is 31.1 Å². The number of hydrogen-bond acceptors (Lipinski definition) is 16. The highest BCUT2D eigenvalue weighted by Crippen LogP contribution is 2.31.